The molecule has 1 rings (SSSR count). The Morgan fingerprint density at radius 2 is 2.00 bits per heavy atom. The lowest BCUT2D eigenvalue weighted by Crippen LogP contribution is -2.19. The van der Waals surface area contributed by atoms with Crippen LogP contribution in [0.15, 0.2) is 22.7 Å². The summed E-state index contributed by atoms with van der Waals surface area (Å²) in [5, 5.41) is 8.57. The van der Waals surface area contributed by atoms with Gasteiger partial charge in [-0.1, -0.05) is 15.9 Å². The van der Waals surface area contributed by atoms with E-state index >= 15 is 0 Å². The van der Waals surface area contributed by atoms with Crippen LogP contribution >= 0.6 is 15.9 Å². The number of alkyl halides is 3. The van der Waals surface area contributed by atoms with E-state index in [1.165, 1.54) is 18.2 Å². The maximum Gasteiger partial charge on any atom is 0.422 e. The van der Waals surface area contributed by atoms with Crippen molar-refractivity contribution in [2.75, 3.05) is 6.61 Å². The fourth-order valence-corrected chi connectivity index (χ4v) is 1.35. The second kappa shape index (κ2) is 4.53. The van der Waals surface area contributed by atoms with E-state index in [-0.39, 0.29) is 11.3 Å². The van der Waals surface area contributed by atoms with Crippen LogP contribution in [-0.4, -0.2) is 12.8 Å². The highest BCUT2D eigenvalue weighted by molar-refractivity contribution is 9.10. The summed E-state index contributed by atoms with van der Waals surface area (Å²) in [5.41, 5.74) is 0.238. The monoisotopic (exact) mass is 279 g/mol. The van der Waals surface area contributed by atoms with Gasteiger partial charge in [0.25, 0.3) is 0 Å². The summed E-state index contributed by atoms with van der Waals surface area (Å²) in [4.78, 5) is 0. The predicted octanol–water partition coefficient (Wildman–Crippen LogP) is 3.26. The fraction of sp³-hybridized carbons (Fsp3) is 0.222. The zero-order valence-corrected chi connectivity index (χ0v) is 8.89. The molecule has 15 heavy (non-hydrogen) atoms. The van der Waals surface area contributed by atoms with Gasteiger partial charge in [-0.05, 0) is 18.2 Å². The first-order valence-electron chi connectivity index (χ1n) is 3.81. The van der Waals surface area contributed by atoms with Crippen LogP contribution in [0.25, 0.3) is 0 Å². The molecule has 0 amide bonds. The summed E-state index contributed by atoms with van der Waals surface area (Å²) in [5.74, 6) is 0.0123. The lowest BCUT2D eigenvalue weighted by atomic mass is 10.2. The van der Waals surface area contributed by atoms with E-state index in [1.807, 2.05) is 6.07 Å². The van der Waals surface area contributed by atoms with Crippen molar-refractivity contribution in [2.24, 2.45) is 0 Å². The number of nitrogens with zero attached hydrogens (tertiary/aromatic N) is 1. The van der Waals surface area contributed by atoms with Crippen LogP contribution in [0.5, 0.6) is 5.75 Å². The lowest BCUT2D eigenvalue weighted by Gasteiger charge is -2.09. The van der Waals surface area contributed by atoms with Crippen LogP contribution in [0.4, 0.5) is 13.2 Å². The van der Waals surface area contributed by atoms with Gasteiger partial charge in [0.15, 0.2) is 6.61 Å². The molecule has 0 bridgehead atoms. The van der Waals surface area contributed by atoms with Crippen molar-refractivity contribution in [2.45, 2.75) is 6.18 Å². The molecule has 0 aromatic heterocycles. The third-order valence-corrected chi connectivity index (χ3v) is 1.86. The summed E-state index contributed by atoms with van der Waals surface area (Å²) in [7, 11) is 0. The van der Waals surface area contributed by atoms with Crippen molar-refractivity contribution in [1.82, 2.24) is 0 Å². The first-order chi connectivity index (χ1) is 6.90. The quantitative estimate of drug-likeness (QED) is 0.833. The zero-order valence-electron chi connectivity index (χ0n) is 7.31. The van der Waals surface area contributed by atoms with Gasteiger partial charge in [-0.15, -0.1) is 0 Å². The number of hydrogen-bond acceptors (Lipinski definition) is 2. The highest BCUT2D eigenvalue weighted by atomic mass is 79.9. The van der Waals surface area contributed by atoms with Gasteiger partial charge in [0.05, 0.1) is 11.6 Å². The molecule has 0 fully saturated rings. The lowest BCUT2D eigenvalue weighted by molar-refractivity contribution is -0.153. The van der Waals surface area contributed by atoms with Crippen LogP contribution in [0.1, 0.15) is 5.56 Å². The molecule has 0 N–H and O–H groups in total. The van der Waals surface area contributed by atoms with Crippen molar-refractivity contribution in [1.29, 1.82) is 5.26 Å². The second-order valence-corrected chi connectivity index (χ2v) is 3.61. The summed E-state index contributed by atoms with van der Waals surface area (Å²) < 4.78 is 40.5. The van der Waals surface area contributed by atoms with E-state index in [0.29, 0.717) is 4.47 Å². The summed E-state index contributed by atoms with van der Waals surface area (Å²) in [6.07, 6.45) is -4.38. The maximum absolute atomic E-state index is 11.8. The number of ether oxygens (including phenoxy) is 1. The average Bonchev–Trinajstić information content (AvgIpc) is 2.13. The Morgan fingerprint density at radius 1 is 1.33 bits per heavy atom. The Morgan fingerprint density at radius 3 is 2.53 bits per heavy atom. The number of halogens is 4. The molecule has 0 radical (unpaired) electrons. The summed E-state index contributed by atoms with van der Waals surface area (Å²) in [6.45, 7) is -1.37. The molecular formula is C9H5BrF3NO. The molecule has 0 saturated heterocycles. The first-order valence-corrected chi connectivity index (χ1v) is 4.60. The number of nitriles is 1. The van der Waals surface area contributed by atoms with Crippen LogP contribution < -0.4 is 4.74 Å². The molecule has 0 atom stereocenters. The molecule has 0 saturated carbocycles. The van der Waals surface area contributed by atoms with Crippen molar-refractivity contribution in [3.8, 4) is 11.8 Å². The van der Waals surface area contributed by atoms with Gasteiger partial charge < -0.3 is 4.74 Å². The van der Waals surface area contributed by atoms with E-state index in [2.05, 4.69) is 20.7 Å². The molecule has 1 aromatic carbocycles. The van der Waals surface area contributed by atoms with E-state index in [4.69, 9.17) is 5.26 Å². The molecule has 0 heterocycles. The molecule has 1 aromatic rings. The van der Waals surface area contributed by atoms with Crippen molar-refractivity contribution in [3.05, 3.63) is 28.2 Å². The van der Waals surface area contributed by atoms with Gasteiger partial charge in [-0.25, -0.2) is 0 Å². The Balaban J connectivity index is 2.78. The maximum atomic E-state index is 11.8. The number of hydrogen-bond donors (Lipinski definition) is 0. The molecule has 0 spiro atoms. The molecule has 0 aliphatic rings. The number of benzene rings is 1. The van der Waals surface area contributed by atoms with Gasteiger partial charge in [0, 0.05) is 4.47 Å². The summed E-state index contributed by atoms with van der Waals surface area (Å²) in [6, 6.07) is 5.91. The fourth-order valence-electron chi connectivity index (χ4n) is 0.876. The van der Waals surface area contributed by atoms with Crippen molar-refractivity contribution < 1.29 is 17.9 Å². The number of rotatable bonds is 2. The second-order valence-electron chi connectivity index (χ2n) is 2.69. The van der Waals surface area contributed by atoms with E-state index in [9.17, 15) is 13.2 Å². The molecule has 80 valence electrons. The largest absolute Gasteiger partial charge is 0.484 e. The minimum absolute atomic E-state index is 0.0123. The Kier molecular flexibility index (Phi) is 3.58. The average molecular weight is 280 g/mol. The molecular weight excluding hydrogens is 275 g/mol. The minimum atomic E-state index is -4.38. The SMILES string of the molecule is N#Cc1cc(Br)cc(OCC(F)(F)F)c1. The van der Waals surface area contributed by atoms with Gasteiger partial charge in [-0.2, -0.15) is 18.4 Å². The Bertz CT molecular complexity index is 397. The topological polar surface area (TPSA) is 33.0 Å². The predicted molar refractivity (Wildman–Crippen MR) is 50.4 cm³/mol. The van der Waals surface area contributed by atoms with E-state index in [0.717, 1.165) is 0 Å². The van der Waals surface area contributed by atoms with Crippen LogP contribution in [-0.2, 0) is 0 Å². The normalized spacial score (nSPS) is 10.9. The third-order valence-electron chi connectivity index (χ3n) is 1.40. The first kappa shape index (κ1) is 11.9. The van der Waals surface area contributed by atoms with Crippen LogP contribution in [0.2, 0.25) is 0 Å². The molecule has 0 unspecified atom stereocenters. The zero-order chi connectivity index (χ0) is 11.5. The van der Waals surface area contributed by atoms with Crippen molar-refractivity contribution >= 4 is 15.9 Å². The van der Waals surface area contributed by atoms with Crippen LogP contribution in [0, 0.1) is 11.3 Å². The van der Waals surface area contributed by atoms with Gasteiger partial charge >= 0.3 is 6.18 Å². The van der Waals surface area contributed by atoms with E-state index in [1.54, 1.807) is 0 Å². The van der Waals surface area contributed by atoms with Crippen molar-refractivity contribution in [3.63, 3.8) is 0 Å². The Labute approximate surface area is 92.4 Å². The van der Waals surface area contributed by atoms with Gasteiger partial charge in [-0.3, -0.25) is 0 Å². The molecule has 0 aliphatic heterocycles. The third kappa shape index (κ3) is 4.21. The highest BCUT2D eigenvalue weighted by Gasteiger charge is 2.28. The Hall–Kier alpha value is -1.22. The van der Waals surface area contributed by atoms with Gasteiger partial charge in [0.1, 0.15) is 5.75 Å². The smallest absolute Gasteiger partial charge is 0.422 e. The summed E-state index contributed by atoms with van der Waals surface area (Å²) >= 11 is 3.06. The minimum Gasteiger partial charge on any atom is -0.484 e. The molecule has 6 heteroatoms. The highest BCUT2D eigenvalue weighted by Crippen LogP contribution is 2.23. The van der Waals surface area contributed by atoms with Crippen LogP contribution in [0.3, 0.4) is 0 Å². The molecule has 0 aliphatic carbocycles. The van der Waals surface area contributed by atoms with Gasteiger partial charge in [0.2, 0.25) is 0 Å². The standard InChI is InChI=1S/C9H5BrF3NO/c10-7-1-6(4-14)2-8(3-7)15-5-9(11,12)13/h1-3H,5H2. The van der Waals surface area contributed by atoms with E-state index < -0.39 is 12.8 Å². The molecule has 2 nitrogen and oxygen atoms in total.